The second-order valence-electron chi connectivity index (χ2n) is 4.20. The molecule has 1 aliphatic rings. The van der Waals surface area contributed by atoms with Crippen LogP contribution >= 0.6 is 0 Å². The second kappa shape index (κ2) is 4.91. The van der Waals surface area contributed by atoms with E-state index in [1.54, 1.807) is 0 Å². The second-order valence-corrected chi connectivity index (χ2v) is 4.20. The summed E-state index contributed by atoms with van der Waals surface area (Å²) in [7, 11) is 1.82. The lowest BCUT2D eigenvalue weighted by atomic mass is 9.52. The van der Waals surface area contributed by atoms with Gasteiger partial charge in [-0.05, 0) is 11.7 Å². The molecule has 1 rings (SSSR count). The molecule has 0 saturated heterocycles. The maximum atomic E-state index is 5.37. The first-order valence-electron chi connectivity index (χ1n) is 5.28. The molecule has 1 saturated carbocycles. The van der Waals surface area contributed by atoms with Gasteiger partial charge in [-0.25, -0.2) is 0 Å². The smallest absolute Gasteiger partial charge is 0.292 e. The predicted octanol–water partition coefficient (Wildman–Crippen LogP) is 3.22. The Labute approximate surface area is 77.0 Å². The van der Waals surface area contributed by atoms with E-state index in [0.717, 1.165) is 11.7 Å². The molecule has 0 N–H and O–H groups in total. The summed E-state index contributed by atoms with van der Waals surface area (Å²) in [5.41, 5.74) is 0. The van der Waals surface area contributed by atoms with Gasteiger partial charge in [0.1, 0.15) is 0 Å². The van der Waals surface area contributed by atoms with Crippen LogP contribution in [0.15, 0.2) is 0 Å². The first-order valence-corrected chi connectivity index (χ1v) is 5.28. The van der Waals surface area contributed by atoms with Crippen LogP contribution in [0.2, 0.25) is 12.6 Å². The molecule has 70 valence electrons. The van der Waals surface area contributed by atoms with Crippen LogP contribution in [0.4, 0.5) is 0 Å². The zero-order valence-electron chi connectivity index (χ0n) is 8.68. The van der Waals surface area contributed by atoms with Crippen molar-refractivity contribution in [1.82, 2.24) is 0 Å². The van der Waals surface area contributed by atoms with Gasteiger partial charge in [0.2, 0.25) is 0 Å². The van der Waals surface area contributed by atoms with Crippen molar-refractivity contribution < 1.29 is 4.65 Å². The minimum Gasteiger partial charge on any atom is -0.438 e. The van der Waals surface area contributed by atoms with Gasteiger partial charge >= 0.3 is 0 Å². The zero-order valence-corrected chi connectivity index (χ0v) is 8.68. The molecule has 1 fully saturated rings. The third kappa shape index (κ3) is 2.51. The van der Waals surface area contributed by atoms with Gasteiger partial charge in [0.15, 0.2) is 0 Å². The van der Waals surface area contributed by atoms with E-state index in [0.29, 0.717) is 6.92 Å². The van der Waals surface area contributed by atoms with Gasteiger partial charge < -0.3 is 4.65 Å². The highest BCUT2D eigenvalue weighted by Crippen LogP contribution is 2.34. The summed E-state index contributed by atoms with van der Waals surface area (Å²) in [5, 5.41) is 0. The maximum Gasteiger partial charge on any atom is 0.292 e. The lowest BCUT2D eigenvalue weighted by Gasteiger charge is -2.29. The fraction of sp³-hybridized carbons (Fsp3) is 1.00. The number of hydrogen-bond acceptors (Lipinski definition) is 1. The molecule has 12 heavy (non-hydrogen) atoms. The van der Waals surface area contributed by atoms with Gasteiger partial charge in [0, 0.05) is 7.11 Å². The minimum absolute atomic E-state index is 0.438. The van der Waals surface area contributed by atoms with Crippen LogP contribution in [-0.2, 0) is 4.65 Å². The normalized spacial score (nSPS) is 22.2. The monoisotopic (exact) mass is 168 g/mol. The van der Waals surface area contributed by atoms with Crippen LogP contribution in [0.5, 0.6) is 0 Å². The lowest BCUT2D eigenvalue weighted by Crippen LogP contribution is -2.25. The van der Waals surface area contributed by atoms with E-state index in [9.17, 15) is 0 Å². The van der Waals surface area contributed by atoms with Crippen molar-refractivity contribution in [2.45, 2.75) is 51.7 Å². The van der Waals surface area contributed by atoms with Crippen LogP contribution in [-0.4, -0.2) is 14.0 Å². The van der Waals surface area contributed by atoms with Crippen molar-refractivity contribution in [3.63, 3.8) is 0 Å². The number of hydrogen-bond donors (Lipinski definition) is 0. The molecular weight excluding hydrogens is 147 g/mol. The third-order valence-corrected chi connectivity index (χ3v) is 3.51. The quantitative estimate of drug-likeness (QED) is 0.588. The largest absolute Gasteiger partial charge is 0.438 e. The Morgan fingerprint density at radius 2 is 1.83 bits per heavy atom. The topological polar surface area (TPSA) is 9.23 Å². The number of rotatable bonds is 3. The maximum absolute atomic E-state index is 5.37. The van der Waals surface area contributed by atoms with Crippen LogP contribution in [0, 0.1) is 5.92 Å². The van der Waals surface area contributed by atoms with Crippen molar-refractivity contribution in [2.24, 2.45) is 5.92 Å². The average Bonchev–Trinajstić information content (AvgIpc) is 2.17. The van der Waals surface area contributed by atoms with E-state index in [1.165, 1.54) is 32.1 Å². The molecule has 0 radical (unpaired) electrons. The summed E-state index contributed by atoms with van der Waals surface area (Å²) in [6, 6.07) is 0. The minimum atomic E-state index is 0.438. The highest BCUT2D eigenvalue weighted by atomic mass is 16.4. The van der Waals surface area contributed by atoms with Crippen LogP contribution in [0.1, 0.15) is 39.0 Å². The molecule has 0 spiro atoms. The molecule has 1 atom stereocenters. The SMILES string of the molecule is COB(C)[C@@H](C)C1CCCCC1. The molecule has 0 aromatic rings. The highest BCUT2D eigenvalue weighted by molar-refractivity contribution is 6.51. The first-order chi connectivity index (χ1) is 5.75. The van der Waals surface area contributed by atoms with Crippen molar-refractivity contribution >= 4 is 6.92 Å². The molecule has 0 heterocycles. The van der Waals surface area contributed by atoms with Gasteiger partial charge in [-0.1, -0.05) is 45.9 Å². The van der Waals surface area contributed by atoms with Gasteiger partial charge in [-0.3, -0.25) is 0 Å². The summed E-state index contributed by atoms with van der Waals surface area (Å²) in [6.45, 7) is 4.97. The van der Waals surface area contributed by atoms with E-state index in [4.69, 9.17) is 4.65 Å². The first kappa shape index (κ1) is 10.1. The molecule has 0 aromatic carbocycles. The van der Waals surface area contributed by atoms with E-state index < -0.39 is 0 Å². The average molecular weight is 168 g/mol. The van der Waals surface area contributed by atoms with Gasteiger partial charge in [0.25, 0.3) is 6.92 Å². The fourth-order valence-electron chi connectivity index (χ4n) is 2.26. The van der Waals surface area contributed by atoms with E-state index >= 15 is 0 Å². The summed E-state index contributed by atoms with van der Waals surface area (Å²) in [6.07, 6.45) is 7.17. The Morgan fingerprint density at radius 1 is 1.25 bits per heavy atom. The van der Waals surface area contributed by atoms with E-state index in [2.05, 4.69) is 13.7 Å². The molecule has 0 aromatic heterocycles. The molecule has 0 unspecified atom stereocenters. The molecule has 0 bridgehead atoms. The van der Waals surface area contributed by atoms with E-state index in [-0.39, 0.29) is 0 Å². The Kier molecular flexibility index (Phi) is 4.13. The Bertz CT molecular complexity index is 121. The van der Waals surface area contributed by atoms with Crippen molar-refractivity contribution in [2.75, 3.05) is 7.11 Å². The fourth-order valence-corrected chi connectivity index (χ4v) is 2.26. The molecular formula is C10H21BO. The molecule has 1 nitrogen and oxygen atoms in total. The summed E-state index contributed by atoms with van der Waals surface area (Å²) < 4.78 is 5.37. The Balaban J connectivity index is 2.33. The zero-order chi connectivity index (χ0) is 8.97. The van der Waals surface area contributed by atoms with Gasteiger partial charge in [-0.2, -0.15) is 0 Å². The van der Waals surface area contributed by atoms with Gasteiger partial charge in [0.05, 0.1) is 0 Å². The van der Waals surface area contributed by atoms with Crippen LogP contribution in [0.25, 0.3) is 0 Å². The Morgan fingerprint density at radius 3 is 2.33 bits per heavy atom. The third-order valence-electron chi connectivity index (χ3n) is 3.51. The standard InChI is InChI=1S/C10H21BO/c1-9(11(2)12-3)10-7-5-4-6-8-10/h9-10H,4-8H2,1-3H3/t9-/m0/s1. The van der Waals surface area contributed by atoms with E-state index in [1.807, 2.05) is 7.11 Å². The molecule has 1 aliphatic carbocycles. The van der Waals surface area contributed by atoms with Gasteiger partial charge in [-0.15, -0.1) is 0 Å². The predicted molar refractivity (Wildman–Crippen MR) is 54.6 cm³/mol. The van der Waals surface area contributed by atoms with Crippen LogP contribution < -0.4 is 0 Å². The summed E-state index contributed by atoms with van der Waals surface area (Å²) in [5.74, 6) is 1.67. The lowest BCUT2D eigenvalue weighted by molar-refractivity contribution is 0.319. The van der Waals surface area contributed by atoms with Crippen molar-refractivity contribution in [1.29, 1.82) is 0 Å². The Hall–Kier alpha value is 0.0249. The molecule has 0 amide bonds. The summed E-state index contributed by atoms with van der Waals surface area (Å²) >= 11 is 0. The van der Waals surface area contributed by atoms with Crippen molar-refractivity contribution in [3.8, 4) is 0 Å². The summed E-state index contributed by atoms with van der Waals surface area (Å²) in [4.78, 5) is 0. The molecule has 0 aliphatic heterocycles. The highest BCUT2D eigenvalue weighted by Gasteiger charge is 2.26. The van der Waals surface area contributed by atoms with Crippen LogP contribution in [0.3, 0.4) is 0 Å². The molecule has 2 heteroatoms. The van der Waals surface area contributed by atoms with Crippen molar-refractivity contribution in [3.05, 3.63) is 0 Å².